The Hall–Kier alpha value is -2.03. The van der Waals surface area contributed by atoms with Crippen LogP contribution in [0.15, 0.2) is 15.7 Å². The Balaban J connectivity index is 1.34. The molecule has 2 aliphatic rings. The van der Waals surface area contributed by atoms with E-state index in [0.29, 0.717) is 29.8 Å². The van der Waals surface area contributed by atoms with E-state index < -0.39 is 0 Å². The third-order valence-corrected chi connectivity index (χ3v) is 5.35. The first-order chi connectivity index (χ1) is 12.2. The van der Waals surface area contributed by atoms with Gasteiger partial charge < -0.3 is 14.7 Å². The summed E-state index contributed by atoms with van der Waals surface area (Å²) in [6, 6.07) is 2.23. The topological polar surface area (TPSA) is 89.1 Å². The van der Waals surface area contributed by atoms with Crippen molar-refractivity contribution in [3.63, 3.8) is 0 Å². The maximum atomic E-state index is 12.0. The predicted molar refractivity (Wildman–Crippen MR) is 95.0 cm³/mol. The van der Waals surface area contributed by atoms with Crippen molar-refractivity contribution in [3.05, 3.63) is 11.8 Å². The summed E-state index contributed by atoms with van der Waals surface area (Å²) in [4.78, 5) is 14.3. The minimum absolute atomic E-state index is 0.0712. The SMILES string of the molecule is Cc1cc(NC(=O)CCSc2nnc(N3CCCC3)n2C2CC2)no1. The van der Waals surface area contributed by atoms with E-state index in [0.717, 1.165) is 24.2 Å². The summed E-state index contributed by atoms with van der Waals surface area (Å²) in [6.45, 7) is 3.92. The molecule has 0 atom stereocenters. The number of hydrogen-bond acceptors (Lipinski definition) is 7. The van der Waals surface area contributed by atoms with Gasteiger partial charge in [0.15, 0.2) is 11.0 Å². The van der Waals surface area contributed by atoms with Gasteiger partial charge in [0.2, 0.25) is 11.9 Å². The highest BCUT2D eigenvalue weighted by Gasteiger charge is 2.32. The van der Waals surface area contributed by atoms with E-state index in [1.165, 1.54) is 25.7 Å². The van der Waals surface area contributed by atoms with E-state index in [1.807, 2.05) is 0 Å². The summed E-state index contributed by atoms with van der Waals surface area (Å²) in [6.07, 6.45) is 5.23. The largest absolute Gasteiger partial charge is 0.360 e. The van der Waals surface area contributed by atoms with Crippen LogP contribution in [0.2, 0.25) is 0 Å². The highest BCUT2D eigenvalue weighted by molar-refractivity contribution is 7.99. The molecule has 134 valence electrons. The maximum Gasteiger partial charge on any atom is 0.228 e. The average molecular weight is 362 g/mol. The van der Waals surface area contributed by atoms with E-state index in [1.54, 1.807) is 24.8 Å². The first-order valence-electron chi connectivity index (χ1n) is 8.76. The molecule has 9 heteroatoms. The molecule has 8 nitrogen and oxygen atoms in total. The molecule has 2 aromatic rings. The molecule has 2 fully saturated rings. The van der Waals surface area contributed by atoms with Crippen LogP contribution in [-0.2, 0) is 4.79 Å². The number of rotatable bonds is 7. The van der Waals surface area contributed by atoms with Gasteiger partial charge in [-0.3, -0.25) is 9.36 Å². The number of anilines is 2. The van der Waals surface area contributed by atoms with Crippen molar-refractivity contribution >= 4 is 29.4 Å². The maximum absolute atomic E-state index is 12.0. The van der Waals surface area contributed by atoms with Gasteiger partial charge in [-0.25, -0.2) is 0 Å². The zero-order valence-electron chi connectivity index (χ0n) is 14.3. The second kappa shape index (κ2) is 7.07. The lowest BCUT2D eigenvalue weighted by Gasteiger charge is -2.17. The van der Waals surface area contributed by atoms with Gasteiger partial charge in [-0.2, -0.15) is 0 Å². The summed E-state index contributed by atoms with van der Waals surface area (Å²) in [7, 11) is 0. The van der Waals surface area contributed by atoms with Crippen molar-refractivity contribution in [1.82, 2.24) is 19.9 Å². The minimum Gasteiger partial charge on any atom is -0.360 e. The smallest absolute Gasteiger partial charge is 0.228 e. The van der Waals surface area contributed by atoms with Crippen molar-refractivity contribution in [2.45, 2.75) is 50.2 Å². The van der Waals surface area contributed by atoms with Crippen LogP contribution in [-0.4, -0.2) is 44.7 Å². The van der Waals surface area contributed by atoms with Gasteiger partial charge in [-0.1, -0.05) is 16.9 Å². The molecule has 1 amide bonds. The van der Waals surface area contributed by atoms with Crippen LogP contribution >= 0.6 is 11.8 Å². The molecule has 1 saturated heterocycles. The van der Waals surface area contributed by atoms with Gasteiger partial charge in [0.25, 0.3) is 0 Å². The molecule has 1 saturated carbocycles. The lowest BCUT2D eigenvalue weighted by atomic mass is 10.4. The Kier molecular flexibility index (Phi) is 4.65. The normalized spacial score (nSPS) is 17.2. The fraction of sp³-hybridized carbons (Fsp3) is 0.625. The predicted octanol–water partition coefficient (Wildman–Crippen LogP) is 2.63. The summed E-state index contributed by atoms with van der Waals surface area (Å²) in [5.74, 6) is 2.73. The molecule has 0 radical (unpaired) electrons. The number of hydrogen-bond donors (Lipinski definition) is 1. The number of nitrogens with one attached hydrogen (secondary N) is 1. The van der Waals surface area contributed by atoms with Crippen LogP contribution < -0.4 is 10.2 Å². The van der Waals surface area contributed by atoms with Gasteiger partial charge >= 0.3 is 0 Å². The highest BCUT2D eigenvalue weighted by atomic mass is 32.2. The van der Waals surface area contributed by atoms with Crippen molar-refractivity contribution in [1.29, 1.82) is 0 Å². The molecule has 0 unspecified atom stereocenters. The lowest BCUT2D eigenvalue weighted by Crippen LogP contribution is -2.22. The van der Waals surface area contributed by atoms with E-state index in [-0.39, 0.29) is 5.91 Å². The Bertz CT molecular complexity index is 748. The van der Waals surface area contributed by atoms with E-state index >= 15 is 0 Å². The van der Waals surface area contributed by atoms with Gasteiger partial charge in [-0.05, 0) is 32.6 Å². The van der Waals surface area contributed by atoms with Crippen LogP contribution in [0.5, 0.6) is 0 Å². The zero-order valence-corrected chi connectivity index (χ0v) is 15.1. The van der Waals surface area contributed by atoms with Crippen molar-refractivity contribution in [3.8, 4) is 0 Å². The number of amides is 1. The fourth-order valence-electron chi connectivity index (χ4n) is 3.02. The van der Waals surface area contributed by atoms with Crippen molar-refractivity contribution in [2.24, 2.45) is 0 Å². The molecule has 1 N–H and O–H groups in total. The molecule has 0 bridgehead atoms. The number of nitrogens with zero attached hydrogens (tertiary/aromatic N) is 5. The second-order valence-electron chi connectivity index (χ2n) is 6.55. The lowest BCUT2D eigenvalue weighted by molar-refractivity contribution is -0.115. The third-order valence-electron chi connectivity index (χ3n) is 4.40. The van der Waals surface area contributed by atoms with Crippen LogP contribution in [0.25, 0.3) is 0 Å². The molecule has 1 aliphatic heterocycles. The van der Waals surface area contributed by atoms with Crippen LogP contribution in [0.4, 0.5) is 11.8 Å². The number of carbonyl (C=O) groups excluding carboxylic acids is 1. The number of aryl methyl sites for hydroxylation is 1. The Morgan fingerprint density at radius 3 is 2.84 bits per heavy atom. The molecule has 0 aromatic carbocycles. The fourth-order valence-corrected chi connectivity index (χ4v) is 3.96. The van der Waals surface area contributed by atoms with Crippen molar-refractivity contribution in [2.75, 3.05) is 29.1 Å². The number of carbonyl (C=O) groups is 1. The van der Waals surface area contributed by atoms with Gasteiger partial charge in [0.1, 0.15) is 5.76 Å². The minimum atomic E-state index is -0.0712. The molecule has 25 heavy (non-hydrogen) atoms. The first-order valence-corrected chi connectivity index (χ1v) is 9.75. The average Bonchev–Trinajstić information content (AvgIpc) is 3.00. The Morgan fingerprint density at radius 2 is 2.16 bits per heavy atom. The van der Waals surface area contributed by atoms with E-state index in [2.05, 4.69) is 30.1 Å². The summed E-state index contributed by atoms with van der Waals surface area (Å²) < 4.78 is 7.22. The first kappa shape index (κ1) is 16.4. The molecule has 4 rings (SSSR count). The standard InChI is InChI=1S/C16H22N6O2S/c1-11-10-13(20-24-11)17-14(23)6-9-25-16-19-18-15(21-7-2-3-8-21)22(16)12-4-5-12/h10,12H,2-9H2,1H3,(H,17,20,23). The molecule has 1 aliphatic carbocycles. The van der Waals surface area contributed by atoms with Gasteiger partial charge in [-0.15, -0.1) is 10.2 Å². The van der Waals surface area contributed by atoms with Crippen molar-refractivity contribution < 1.29 is 9.32 Å². The van der Waals surface area contributed by atoms with E-state index in [9.17, 15) is 4.79 Å². The van der Waals surface area contributed by atoms with Crippen LogP contribution in [0.3, 0.4) is 0 Å². The third kappa shape index (κ3) is 3.81. The summed E-state index contributed by atoms with van der Waals surface area (Å²) in [5, 5.41) is 16.2. The Labute approximate surface area is 150 Å². The van der Waals surface area contributed by atoms with E-state index in [4.69, 9.17) is 4.52 Å². The van der Waals surface area contributed by atoms with Gasteiger partial charge in [0.05, 0.1) is 0 Å². The quantitative estimate of drug-likeness (QED) is 0.757. The Morgan fingerprint density at radius 1 is 1.36 bits per heavy atom. The number of thioether (sulfide) groups is 1. The molecule has 3 heterocycles. The molecule has 0 spiro atoms. The molecular formula is C16H22N6O2S. The molecule has 2 aromatic heterocycles. The summed E-state index contributed by atoms with van der Waals surface area (Å²) in [5.41, 5.74) is 0. The number of aromatic nitrogens is 4. The van der Waals surface area contributed by atoms with Crippen LogP contribution in [0, 0.1) is 6.92 Å². The zero-order chi connectivity index (χ0) is 17.2. The van der Waals surface area contributed by atoms with Gasteiger partial charge in [0, 0.05) is 37.4 Å². The highest BCUT2D eigenvalue weighted by Crippen LogP contribution is 2.41. The second-order valence-corrected chi connectivity index (χ2v) is 7.61. The molecular weight excluding hydrogens is 340 g/mol. The monoisotopic (exact) mass is 362 g/mol. The summed E-state index contributed by atoms with van der Waals surface area (Å²) >= 11 is 1.60. The van der Waals surface area contributed by atoms with Crippen LogP contribution in [0.1, 0.15) is 43.9 Å².